The van der Waals surface area contributed by atoms with Gasteiger partial charge in [-0.05, 0) is 19.8 Å². The fourth-order valence-electron chi connectivity index (χ4n) is 2.58. The van der Waals surface area contributed by atoms with Crippen LogP contribution in [0.15, 0.2) is 27.8 Å². The molecule has 22 heavy (non-hydrogen) atoms. The number of hydrogen-bond acceptors (Lipinski definition) is 6. The fourth-order valence-corrected chi connectivity index (χ4v) is 2.58. The van der Waals surface area contributed by atoms with Crippen molar-refractivity contribution in [1.29, 1.82) is 0 Å². The number of aromatic nitrogens is 3. The largest absolute Gasteiger partial charge is 0.351 e. The summed E-state index contributed by atoms with van der Waals surface area (Å²) >= 11 is 0. The van der Waals surface area contributed by atoms with E-state index in [9.17, 15) is 9.59 Å². The highest BCUT2D eigenvalue weighted by Gasteiger charge is 2.25. The molecule has 0 spiro atoms. The van der Waals surface area contributed by atoms with Gasteiger partial charge < -0.3 is 19.7 Å². The minimum atomic E-state index is -0.289. The molecule has 1 aliphatic heterocycles. The molecular weight excluding hydrogens is 286 g/mol. The maximum Gasteiger partial charge on any atom is 0.290 e. The van der Waals surface area contributed by atoms with Gasteiger partial charge in [-0.3, -0.25) is 9.59 Å². The molecule has 1 amide bonds. The number of anilines is 1. The van der Waals surface area contributed by atoms with Crippen LogP contribution in [0.5, 0.6) is 0 Å². The van der Waals surface area contributed by atoms with Crippen molar-refractivity contribution in [3.63, 3.8) is 0 Å². The first-order chi connectivity index (χ1) is 10.6. The zero-order valence-corrected chi connectivity index (χ0v) is 12.2. The molecule has 1 saturated heterocycles. The second kappa shape index (κ2) is 6.00. The lowest BCUT2D eigenvalue weighted by Gasteiger charge is -2.33. The van der Waals surface area contributed by atoms with Crippen molar-refractivity contribution in [3.05, 3.63) is 40.3 Å². The molecule has 0 aliphatic carbocycles. The number of aryl methyl sites for hydroxylation is 1. The lowest BCUT2D eigenvalue weighted by molar-refractivity contribution is 0.0895. The van der Waals surface area contributed by atoms with E-state index in [0.29, 0.717) is 18.1 Å². The van der Waals surface area contributed by atoms with E-state index in [1.165, 1.54) is 6.20 Å². The van der Waals surface area contributed by atoms with Crippen LogP contribution in [0.1, 0.15) is 29.1 Å². The van der Waals surface area contributed by atoms with Gasteiger partial charge in [0.1, 0.15) is 0 Å². The third kappa shape index (κ3) is 3.00. The van der Waals surface area contributed by atoms with E-state index in [2.05, 4.69) is 20.4 Å². The Morgan fingerprint density at radius 1 is 1.55 bits per heavy atom. The number of hydrogen-bond donors (Lipinski definition) is 2. The van der Waals surface area contributed by atoms with Crippen LogP contribution in [0.3, 0.4) is 0 Å². The summed E-state index contributed by atoms with van der Waals surface area (Å²) in [6.07, 6.45) is 4.77. The molecule has 2 aromatic heterocycles. The van der Waals surface area contributed by atoms with Gasteiger partial charge in [0.25, 0.3) is 11.5 Å². The van der Waals surface area contributed by atoms with Crippen molar-refractivity contribution in [3.8, 4) is 0 Å². The standard InChI is InChI=1S/C14H17N5O3/c1-9-7-11(22-18-9)13(20)17-10-3-2-6-19(8-10)12-14(21)16-5-4-15-12/h4-5,7,10H,2-3,6,8H2,1H3,(H,16,21)(H,17,20). The monoisotopic (exact) mass is 303 g/mol. The Morgan fingerprint density at radius 2 is 2.41 bits per heavy atom. The maximum atomic E-state index is 12.1. The molecule has 2 aromatic rings. The Labute approximate surface area is 126 Å². The summed E-state index contributed by atoms with van der Waals surface area (Å²) in [5, 5.41) is 6.62. The number of piperidine rings is 1. The Kier molecular flexibility index (Phi) is 3.90. The summed E-state index contributed by atoms with van der Waals surface area (Å²) in [6.45, 7) is 3.04. The van der Waals surface area contributed by atoms with Crippen LogP contribution in [-0.4, -0.2) is 40.2 Å². The summed E-state index contributed by atoms with van der Waals surface area (Å²) in [5.74, 6) is 0.296. The molecule has 8 nitrogen and oxygen atoms in total. The number of aromatic amines is 1. The lowest BCUT2D eigenvalue weighted by atomic mass is 10.1. The van der Waals surface area contributed by atoms with Crippen LogP contribution in [0, 0.1) is 6.92 Å². The van der Waals surface area contributed by atoms with E-state index in [4.69, 9.17) is 4.52 Å². The summed E-state index contributed by atoms with van der Waals surface area (Å²) in [7, 11) is 0. The number of rotatable bonds is 3. The van der Waals surface area contributed by atoms with Crippen molar-refractivity contribution in [2.24, 2.45) is 0 Å². The number of H-pyrrole nitrogens is 1. The zero-order chi connectivity index (χ0) is 15.5. The molecule has 0 aromatic carbocycles. The van der Waals surface area contributed by atoms with E-state index < -0.39 is 0 Å². The predicted molar refractivity (Wildman–Crippen MR) is 78.8 cm³/mol. The number of nitrogens with zero attached hydrogens (tertiary/aromatic N) is 3. The number of amides is 1. The van der Waals surface area contributed by atoms with Crippen molar-refractivity contribution < 1.29 is 9.32 Å². The molecule has 1 atom stereocenters. The highest BCUT2D eigenvalue weighted by Crippen LogP contribution is 2.15. The predicted octanol–water partition coefficient (Wildman–Crippen LogP) is 0.465. The molecule has 8 heteroatoms. The molecule has 116 valence electrons. The molecule has 3 rings (SSSR count). The molecule has 2 N–H and O–H groups in total. The molecule has 0 saturated carbocycles. The Morgan fingerprint density at radius 3 is 3.14 bits per heavy atom. The molecular formula is C14H17N5O3. The Hall–Kier alpha value is -2.64. The summed E-state index contributed by atoms with van der Waals surface area (Å²) in [6, 6.07) is 1.53. The number of carbonyl (C=O) groups excluding carboxylic acids is 1. The first-order valence-electron chi connectivity index (χ1n) is 7.16. The SMILES string of the molecule is Cc1cc(C(=O)NC2CCCN(c3ncc[nH]c3=O)C2)on1. The normalized spacial score (nSPS) is 18.2. The third-order valence-electron chi connectivity index (χ3n) is 3.60. The van der Waals surface area contributed by atoms with Gasteiger partial charge in [-0.25, -0.2) is 4.98 Å². The highest BCUT2D eigenvalue weighted by atomic mass is 16.5. The average molecular weight is 303 g/mol. The first kappa shape index (κ1) is 14.3. The summed E-state index contributed by atoms with van der Waals surface area (Å²) < 4.78 is 4.96. The molecule has 3 heterocycles. The van der Waals surface area contributed by atoms with Crippen LogP contribution >= 0.6 is 0 Å². The zero-order valence-electron chi connectivity index (χ0n) is 12.2. The molecule has 0 bridgehead atoms. The Bertz CT molecular complexity index is 723. The van der Waals surface area contributed by atoms with Gasteiger partial charge in [0.05, 0.1) is 5.69 Å². The summed E-state index contributed by atoms with van der Waals surface area (Å²) in [4.78, 5) is 32.5. The van der Waals surface area contributed by atoms with Gasteiger partial charge in [-0.2, -0.15) is 0 Å². The van der Waals surface area contributed by atoms with Crippen LogP contribution in [0.2, 0.25) is 0 Å². The minimum absolute atomic E-state index is 0.0620. The van der Waals surface area contributed by atoms with Gasteiger partial charge in [0.15, 0.2) is 5.82 Å². The smallest absolute Gasteiger partial charge is 0.290 e. The lowest BCUT2D eigenvalue weighted by Crippen LogP contribution is -2.49. The summed E-state index contributed by atoms with van der Waals surface area (Å²) in [5.41, 5.74) is 0.441. The first-order valence-corrected chi connectivity index (χ1v) is 7.16. The van der Waals surface area contributed by atoms with Crippen LogP contribution < -0.4 is 15.8 Å². The topological polar surface area (TPSA) is 104 Å². The van der Waals surface area contributed by atoms with E-state index in [1.807, 2.05) is 4.90 Å². The van der Waals surface area contributed by atoms with Crippen LogP contribution in [0.25, 0.3) is 0 Å². The van der Waals surface area contributed by atoms with Crippen LogP contribution in [-0.2, 0) is 0 Å². The number of carbonyl (C=O) groups is 1. The second-order valence-electron chi connectivity index (χ2n) is 5.33. The van der Waals surface area contributed by atoms with E-state index in [0.717, 1.165) is 19.4 Å². The highest BCUT2D eigenvalue weighted by molar-refractivity contribution is 5.91. The van der Waals surface area contributed by atoms with Gasteiger partial charge in [0, 0.05) is 37.6 Å². The quantitative estimate of drug-likeness (QED) is 0.854. The minimum Gasteiger partial charge on any atom is -0.351 e. The second-order valence-corrected chi connectivity index (χ2v) is 5.33. The van der Waals surface area contributed by atoms with E-state index >= 15 is 0 Å². The molecule has 1 fully saturated rings. The average Bonchev–Trinajstić information content (AvgIpc) is 2.95. The van der Waals surface area contributed by atoms with Gasteiger partial charge in [0.2, 0.25) is 5.76 Å². The van der Waals surface area contributed by atoms with E-state index in [1.54, 1.807) is 19.2 Å². The fraction of sp³-hybridized carbons (Fsp3) is 0.429. The van der Waals surface area contributed by atoms with Crippen molar-refractivity contribution in [2.75, 3.05) is 18.0 Å². The van der Waals surface area contributed by atoms with Crippen molar-refractivity contribution >= 4 is 11.7 Å². The Balaban J connectivity index is 1.67. The van der Waals surface area contributed by atoms with Gasteiger partial charge in [-0.15, -0.1) is 0 Å². The molecule has 1 unspecified atom stereocenters. The maximum absolute atomic E-state index is 12.1. The van der Waals surface area contributed by atoms with Crippen molar-refractivity contribution in [2.45, 2.75) is 25.8 Å². The van der Waals surface area contributed by atoms with Gasteiger partial charge >= 0.3 is 0 Å². The van der Waals surface area contributed by atoms with E-state index in [-0.39, 0.29) is 23.3 Å². The number of nitrogens with one attached hydrogen (secondary N) is 2. The van der Waals surface area contributed by atoms with Crippen LogP contribution in [0.4, 0.5) is 5.82 Å². The van der Waals surface area contributed by atoms with Gasteiger partial charge in [-0.1, -0.05) is 5.16 Å². The molecule has 0 radical (unpaired) electrons. The third-order valence-corrected chi connectivity index (χ3v) is 3.60. The van der Waals surface area contributed by atoms with Crippen molar-refractivity contribution in [1.82, 2.24) is 20.4 Å². The molecule has 1 aliphatic rings.